The van der Waals surface area contributed by atoms with Gasteiger partial charge in [0.05, 0.1) is 12.8 Å². The van der Waals surface area contributed by atoms with Crippen molar-refractivity contribution < 1.29 is 32.6 Å². The number of unbranched alkanes of at least 4 members (excludes halogenated alkanes) is 3. The number of halogens is 3. The molecule has 1 aliphatic heterocycles. The van der Waals surface area contributed by atoms with E-state index in [9.17, 15) is 27.9 Å². The minimum absolute atomic E-state index is 0.0272. The highest BCUT2D eigenvalue weighted by Crippen LogP contribution is 2.41. The van der Waals surface area contributed by atoms with E-state index in [-0.39, 0.29) is 28.6 Å². The number of hydrazone groups is 1. The number of rotatable bonds is 7. The van der Waals surface area contributed by atoms with Gasteiger partial charge in [0.2, 0.25) is 0 Å². The topological polar surface area (TPSA) is 91.2 Å². The summed E-state index contributed by atoms with van der Waals surface area (Å²) >= 11 is 0. The smallest absolute Gasteiger partial charge is 0.438 e. The molecule has 1 atom stereocenters. The molecule has 1 aromatic carbocycles. The van der Waals surface area contributed by atoms with E-state index in [4.69, 9.17) is 4.74 Å². The van der Waals surface area contributed by atoms with E-state index < -0.39 is 30.1 Å². The minimum Gasteiger partial charge on any atom is -0.495 e. The summed E-state index contributed by atoms with van der Waals surface area (Å²) in [5.74, 6) is -2.76. The highest BCUT2D eigenvalue weighted by atomic mass is 19.4. The molecule has 0 radical (unpaired) electrons. The third-order valence-electron chi connectivity index (χ3n) is 4.56. The van der Waals surface area contributed by atoms with Crippen LogP contribution in [0, 0.1) is 0 Å². The SMILES string of the molecule is CCCCCCC1=NN(C(=O)C(=O)Nc2ccccc2OC)[C@@](O)(C(F)(F)F)C1. The van der Waals surface area contributed by atoms with Gasteiger partial charge >= 0.3 is 18.0 Å². The molecule has 0 fully saturated rings. The first-order chi connectivity index (χ1) is 13.6. The number of para-hydroxylation sites is 2. The van der Waals surface area contributed by atoms with E-state index in [0.717, 1.165) is 19.3 Å². The van der Waals surface area contributed by atoms with Crippen molar-refractivity contribution >= 4 is 23.2 Å². The Labute approximate surface area is 166 Å². The Balaban J connectivity index is 2.20. The molecule has 7 nitrogen and oxygen atoms in total. The third-order valence-corrected chi connectivity index (χ3v) is 4.56. The lowest BCUT2D eigenvalue weighted by Gasteiger charge is -2.32. The van der Waals surface area contributed by atoms with Crippen LogP contribution in [0.1, 0.15) is 45.4 Å². The van der Waals surface area contributed by atoms with E-state index in [0.29, 0.717) is 6.42 Å². The van der Waals surface area contributed by atoms with Crippen molar-refractivity contribution in [2.45, 2.75) is 57.3 Å². The number of nitrogens with zero attached hydrogens (tertiary/aromatic N) is 2. The van der Waals surface area contributed by atoms with Crippen LogP contribution >= 0.6 is 0 Å². The first-order valence-electron chi connectivity index (χ1n) is 9.28. The standard InChI is InChI=1S/C19H24F3N3O4/c1-3-4-5-6-9-13-12-18(28,19(20,21)22)25(24-13)17(27)16(26)23-14-10-7-8-11-15(14)29-2/h7-8,10-11,28H,3-6,9,12H2,1-2H3,(H,23,26)/t18-/m0/s1. The lowest BCUT2D eigenvalue weighted by molar-refractivity contribution is -0.301. The summed E-state index contributed by atoms with van der Waals surface area (Å²) in [6.07, 6.45) is -2.61. The monoisotopic (exact) mass is 415 g/mol. The molecule has 2 N–H and O–H groups in total. The van der Waals surface area contributed by atoms with Crippen molar-refractivity contribution in [3.05, 3.63) is 24.3 Å². The van der Waals surface area contributed by atoms with Crippen LogP contribution in [0.5, 0.6) is 5.75 Å². The van der Waals surface area contributed by atoms with Gasteiger partial charge in [-0.3, -0.25) is 9.59 Å². The van der Waals surface area contributed by atoms with Gasteiger partial charge in [-0.15, -0.1) is 0 Å². The van der Waals surface area contributed by atoms with Gasteiger partial charge < -0.3 is 15.2 Å². The van der Waals surface area contributed by atoms with Crippen LogP contribution in [0.4, 0.5) is 18.9 Å². The predicted molar refractivity (Wildman–Crippen MR) is 100 cm³/mol. The number of aliphatic hydroxyl groups is 1. The Morgan fingerprint density at radius 2 is 1.97 bits per heavy atom. The quantitative estimate of drug-likeness (QED) is 0.527. The van der Waals surface area contributed by atoms with Gasteiger partial charge in [-0.25, -0.2) is 0 Å². The van der Waals surface area contributed by atoms with Gasteiger partial charge in [0.1, 0.15) is 5.75 Å². The fourth-order valence-electron chi connectivity index (χ4n) is 2.97. The minimum atomic E-state index is -5.18. The second kappa shape index (κ2) is 9.25. The molecule has 1 aliphatic rings. The molecular formula is C19H24F3N3O4. The maximum absolute atomic E-state index is 13.5. The number of benzene rings is 1. The number of carbonyl (C=O) groups is 2. The van der Waals surface area contributed by atoms with Crippen molar-refractivity contribution in [2.24, 2.45) is 5.10 Å². The Morgan fingerprint density at radius 3 is 2.59 bits per heavy atom. The number of methoxy groups -OCH3 is 1. The number of ether oxygens (including phenoxy) is 1. The van der Waals surface area contributed by atoms with Crippen molar-refractivity contribution in [1.82, 2.24) is 5.01 Å². The Morgan fingerprint density at radius 1 is 1.28 bits per heavy atom. The van der Waals surface area contributed by atoms with E-state index >= 15 is 0 Å². The molecular weight excluding hydrogens is 391 g/mol. The molecule has 0 unspecified atom stereocenters. The maximum atomic E-state index is 13.5. The molecule has 1 aromatic rings. The molecule has 10 heteroatoms. The van der Waals surface area contributed by atoms with Crippen LogP contribution in [0.25, 0.3) is 0 Å². The van der Waals surface area contributed by atoms with Gasteiger partial charge in [-0.05, 0) is 25.0 Å². The summed E-state index contributed by atoms with van der Waals surface area (Å²) in [4.78, 5) is 24.7. The first-order valence-corrected chi connectivity index (χ1v) is 9.28. The second-order valence-electron chi connectivity index (χ2n) is 6.74. The van der Waals surface area contributed by atoms with E-state index in [2.05, 4.69) is 10.4 Å². The zero-order chi connectivity index (χ0) is 21.7. The number of hydrogen-bond donors (Lipinski definition) is 2. The molecule has 0 saturated carbocycles. The van der Waals surface area contributed by atoms with Gasteiger partial charge in [0.15, 0.2) is 0 Å². The van der Waals surface area contributed by atoms with Crippen molar-refractivity contribution in [3.8, 4) is 5.75 Å². The van der Waals surface area contributed by atoms with Gasteiger partial charge in [-0.2, -0.15) is 23.3 Å². The maximum Gasteiger partial charge on any atom is 0.438 e. The molecule has 0 saturated heterocycles. The van der Waals surface area contributed by atoms with E-state index in [1.165, 1.54) is 19.2 Å². The van der Waals surface area contributed by atoms with Crippen LogP contribution in [-0.2, 0) is 9.59 Å². The highest BCUT2D eigenvalue weighted by Gasteiger charge is 2.63. The van der Waals surface area contributed by atoms with Gasteiger partial charge in [0, 0.05) is 12.1 Å². The zero-order valence-corrected chi connectivity index (χ0v) is 16.3. The largest absolute Gasteiger partial charge is 0.495 e. The Hall–Kier alpha value is -2.62. The van der Waals surface area contributed by atoms with Gasteiger partial charge in [0.25, 0.3) is 5.72 Å². The molecule has 2 amide bonds. The summed E-state index contributed by atoms with van der Waals surface area (Å²) in [5.41, 5.74) is -3.42. The lowest BCUT2D eigenvalue weighted by Crippen LogP contribution is -2.58. The summed E-state index contributed by atoms with van der Waals surface area (Å²) in [7, 11) is 1.34. The molecule has 0 spiro atoms. The summed E-state index contributed by atoms with van der Waals surface area (Å²) in [6, 6.07) is 6.10. The average molecular weight is 415 g/mol. The Bertz CT molecular complexity index is 782. The molecule has 29 heavy (non-hydrogen) atoms. The fraction of sp³-hybridized carbons (Fsp3) is 0.526. The third kappa shape index (κ3) is 5.06. The Kier molecular flexibility index (Phi) is 7.23. The van der Waals surface area contributed by atoms with Crippen LogP contribution in [-0.4, -0.2) is 46.7 Å². The summed E-state index contributed by atoms with van der Waals surface area (Å²) in [5, 5.41) is 15.9. The highest BCUT2D eigenvalue weighted by molar-refractivity contribution is 6.40. The number of anilines is 1. The van der Waals surface area contributed by atoms with Gasteiger partial charge in [-0.1, -0.05) is 38.3 Å². The van der Waals surface area contributed by atoms with Crippen molar-refractivity contribution in [3.63, 3.8) is 0 Å². The summed E-state index contributed by atoms with van der Waals surface area (Å²) in [6.45, 7) is 2.00. The summed E-state index contributed by atoms with van der Waals surface area (Å²) < 4.78 is 45.6. The zero-order valence-electron chi connectivity index (χ0n) is 16.3. The van der Waals surface area contributed by atoms with Crippen LogP contribution in [0.2, 0.25) is 0 Å². The molecule has 2 rings (SSSR count). The first kappa shape index (κ1) is 22.7. The molecule has 1 heterocycles. The number of amides is 2. The molecule has 0 bridgehead atoms. The van der Waals surface area contributed by atoms with Crippen LogP contribution in [0.3, 0.4) is 0 Å². The van der Waals surface area contributed by atoms with Crippen LogP contribution in [0.15, 0.2) is 29.4 Å². The molecule has 0 aromatic heterocycles. The number of carbonyl (C=O) groups excluding carboxylic acids is 2. The molecule has 0 aliphatic carbocycles. The number of nitrogens with one attached hydrogen (secondary N) is 1. The fourth-order valence-corrected chi connectivity index (χ4v) is 2.97. The second-order valence-corrected chi connectivity index (χ2v) is 6.74. The number of alkyl halides is 3. The average Bonchev–Trinajstić information content (AvgIpc) is 3.02. The number of hydrogen-bond acceptors (Lipinski definition) is 5. The molecule has 160 valence electrons. The van der Waals surface area contributed by atoms with E-state index in [1.807, 2.05) is 6.92 Å². The predicted octanol–water partition coefficient (Wildman–Crippen LogP) is 3.44. The van der Waals surface area contributed by atoms with Crippen molar-refractivity contribution in [1.29, 1.82) is 0 Å². The van der Waals surface area contributed by atoms with Crippen molar-refractivity contribution in [2.75, 3.05) is 12.4 Å². The normalized spacial score (nSPS) is 19.1. The van der Waals surface area contributed by atoms with E-state index in [1.54, 1.807) is 12.1 Å². The van der Waals surface area contributed by atoms with Crippen LogP contribution < -0.4 is 10.1 Å². The lowest BCUT2D eigenvalue weighted by atomic mass is 10.0.